The monoisotopic (exact) mass is 257 g/mol. The molecule has 7 nitrogen and oxygen atoms in total. The number of hydrogen-bond acceptors (Lipinski definition) is 5. The normalized spacial score (nSPS) is 10.8. The fraction of sp³-hybridized carbons (Fsp3) is 0.167. The minimum atomic E-state index is -0.202. The topological polar surface area (TPSA) is 96.7 Å². The summed E-state index contributed by atoms with van der Waals surface area (Å²) in [6, 6.07) is 5.33. The summed E-state index contributed by atoms with van der Waals surface area (Å²) in [6.45, 7) is 1.93. The molecule has 1 amide bonds. The minimum absolute atomic E-state index is 0.202. The van der Waals surface area contributed by atoms with Crippen molar-refractivity contribution in [2.45, 2.75) is 13.5 Å². The van der Waals surface area contributed by atoms with E-state index in [1.165, 1.54) is 0 Å². The van der Waals surface area contributed by atoms with E-state index in [-0.39, 0.29) is 12.5 Å². The smallest absolute Gasteiger partial charge is 0.251 e. The molecule has 2 heterocycles. The molecule has 1 aromatic carbocycles. The average Bonchev–Trinajstić information content (AvgIpc) is 3.03. The molecule has 0 saturated carbocycles. The van der Waals surface area contributed by atoms with Crippen LogP contribution in [-0.2, 0) is 6.54 Å². The molecule has 2 N–H and O–H groups in total. The highest BCUT2D eigenvalue weighted by molar-refractivity contribution is 5.97. The molecule has 0 fully saturated rings. The number of aromatic amines is 1. The van der Waals surface area contributed by atoms with E-state index in [2.05, 4.69) is 25.7 Å². The van der Waals surface area contributed by atoms with Gasteiger partial charge >= 0.3 is 0 Å². The summed E-state index contributed by atoms with van der Waals surface area (Å²) in [6.07, 6.45) is 1.71. The molecule has 96 valence electrons. The van der Waals surface area contributed by atoms with Gasteiger partial charge in [-0.2, -0.15) is 10.1 Å². The van der Waals surface area contributed by atoms with Crippen LogP contribution in [0.1, 0.15) is 22.1 Å². The lowest BCUT2D eigenvalue weighted by atomic mass is 10.1. The summed E-state index contributed by atoms with van der Waals surface area (Å²) < 4.78 is 4.92. The quantitative estimate of drug-likeness (QED) is 0.734. The summed E-state index contributed by atoms with van der Waals surface area (Å²) in [5.74, 6) is 0.726. The summed E-state index contributed by atoms with van der Waals surface area (Å²) >= 11 is 0. The van der Waals surface area contributed by atoms with Crippen LogP contribution in [0.4, 0.5) is 0 Å². The summed E-state index contributed by atoms with van der Waals surface area (Å²) in [4.78, 5) is 16.0. The average molecular weight is 257 g/mol. The zero-order valence-corrected chi connectivity index (χ0v) is 10.2. The van der Waals surface area contributed by atoms with Crippen LogP contribution in [-0.4, -0.2) is 26.2 Å². The molecule has 0 aliphatic carbocycles. The van der Waals surface area contributed by atoms with Crippen LogP contribution >= 0.6 is 0 Å². The first-order valence-electron chi connectivity index (χ1n) is 5.73. The molecule has 7 heteroatoms. The molecule has 0 spiro atoms. The Bertz CT molecular complexity index is 730. The first-order chi connectivity index (χ1) is 9.22. The van der Waals surface area contributed by atoms with E-state index in [4.69, 9.17) is 4.52 Å². The summed E-state index contributed by atoms with van der Waals surface area (Å²) in [5.41, 5.74) is 1.37. The lowest BCUT2D eigenvalue weighted by Crippen LogP contribution is -2.22. The molecule has 3 aromatic rings. The Balaban J connectivity index is 1.72. The van der Waals surface area contributed by atoms with Gasteiger partial charge < -0.3 is 9.84 Å². The zero-order chi connectivity index (χ0) is 13.2. The number of carbonyl (C=O) groups excluding carboxylic acids is 1. The highest BCUT2D eigenvalue weighted by Gasteiger charge is 2.09. The Morgan fingerprint density at radius 2 is 2.37 bits per heavy atom. The molecule has 0 bridgehead atoms. The van der Waals surface area contributed by atoms with Gasteiger partial charge in [-0.3, -0.25) is 9.89 Å². The number of rotatable bonds is 3. The molecule has 0 saturated heterocycles. The van der Waals surface area contributed by atoms with Crippen LogP contribution in [0.5, 0.6) is 0 Å². The maximum atomic E-state index is 12.0. The van der Waals surface area contributed by atoms with Gasteiger partial charge in [-0.15, -0.1) is 0 Å². The highest BCUT2D eigenvalue weighted by atomic mass is 16.5. The van der Waals surface area contributed by atoms with Crippen molar-refractivity contribution in [2.24, 2.45) is 0 Å². The van der Waals surface area contributed by atoms with Gasteiger partial charge in [-0.1, -0.05) is 11.2 Å². The number of nitrogens with one attached hydrogen (secondary N) is 2. The molecular formula is C12H11N5O2. The van der Waals surface area contributed by atoms with Crippen LogP contribution < -0.4 is 5.32 Å². The molecule has 0 atom stereocenters. The second kappa shape index (κ2) is 4.52. The van der Waals surface area contributed by atoms with Crippen molar-refractivity contribution in [1.29, 1.82) is 0 Å². The van der Waals surface area contributed by atoms with E-state index in [0.717, 1.165) is 10.9 Å². The summed E-state index contributed by atoms with van der Waals surface area (Å²) in [7, 11) is 0. The predicted molar refractivity (Wildman–Crippen MR) is 66.3 cm³/mol. The maximum Gasteiger partial charge on any atom is 0.251 e. The predicted octanol–water partition coefficient (Wildman–Crippen LogP) is 1.18. The van der Waals surface area contributed by atoms with Gasteiger partial charge in [0.05, 0.1) is 18.3 Å². The molecule has 2 aromatic heterocycles. The van der Waals surface area contributed by atoms with Gasteiger partial charge in [-0.25, -0.2) is 0 Å². The fourth-order valence-electron chi connectivity index (χ4n) is 1.75. The minimum Gasteiger partial charge on any atom is -0.343 e. The van der Waals surface area contributed by atoms with Gasteiger partial charge in [0.1, 0.15) is 0 Å². The Morgan fingerprint density at radius 1 is 1.47 bits per heavy atom. The van der Waals surface area contributed by atoms with Crippen molar-refractivity contribution >= 4 is 16.8 Å². The van der Waals surface area contributed by atoms with Gasteiger partial charge in [-0.05, 0) is 19.1 Å². The summed E-state index contributed by atoms with van der Waals surface area (Å²) in [5, 5.41) is 14.1. The van der Waals surface area contributed by atoms with E-state index in [1.807, 2.05) is 6.07 Å². The highest BCUT2D eigenvalue weighted by Crippen LogP contribution is 2.12. The lowest BCUT2D eigenvalue weighted by Gasteiger charge is -2.02. The van der Waals surface area contributed by atoms with Crippen molar-refractivity contribution in [3.63, 3.8) is 0 Å². The molecule has 3 rings (SSSR count). The third-order valence-electron chi connectivity index (χ3n) is 2.67. The number of aromatic nitrogens is 4. The largest absolute Gasteiger partial charge is 0.343 e. The zero-order valence-electron chi connectivity index (χ0n) is 10.2. The Hall–Kier alpha value is -2.70. The second-order valence-electron chi connectivity index (χ2n) is 4.09. The molecule has 0 radical (unpaired) electrons. The number of amides is 1. The molecule has 0 unspecified atom stereocenters. The standard InChI is InChI=1S/C12H11N5O2/c1-7-15-11(19-17-7)6-13-12(18)8-2-3-9-5-14-16-10(9)4-8/h2-5H,6H2,1H3,(H,13,18)(H,14,16). The number of hydrogen-bond donors (Lipinski definition) is 2. The Morgan fingerprint density at radius 3 is 3.16 bits per heavy atom. The van der Waals surface area contributed by atoms with E-state index in [0.29, 0.717) is 17.3 Å². The molecule has 0 aliphatic rings. The molecule has 0 aliphatic heterocycles. The van der Waals surface area contributed by atoms with E-state index in [1.54, 1.807) is 25.3 Å². The molecule has 19 heavy (non-hydrogen) atoms. The number of carbonyl (C=O) groups is 1. The van der Waals surface area contributed by atoms with Crippen LogP contribution in [0, 0.1) is 6.92 Å². The van der Waals surface area contributed by atoms with Gasteiger partial charge in [0, 0.05) is 10.9 Å². The lowest BCUT2D eigenvalue weighted by molar-refractivity contribution is 0.0946. The Labute approximate surface area is 108 Å². The second-order valence-corrected chi connectivity index (χ2v) is 4.09. The van der Waals surface area contributed by atoms with E-state index in [9.17, 15) is 4.79 Å². The number of aryl methyl sites for hydroxylation is 1. The number of fused-ring (bicyclic) bond motifs is 1. The third-order valence-corrected chi connectivity index (χ3v) is 2.67. The van der Waals surface area contributed by atoms with Crippen LogP contribution in [0.15, 0.2) is 28.9 Å². The number of benzene rings is 1. The van der Waals surface area contributed by atoms with Crippen molar-refractivity contribution < 1.29 is 9.32 Å². The van der Waals surface area contributed by atoms with Crippen molar-refractivity contribution in [3.05, 3.63) is 41.7 Å². The van der Waals surface area contributed by atoms with Gasteiger partial charge in [0.15, 0.2) is 5.82 Å². The Kier molecular flexibility index (Phi) is 2.71. The number of H-pyrrole nitrogens is 1. The third kappa shape index (κ3) is 2.30. The first kappa shape index (κ1) is 11.4. The van der Waals surface area contributed by atoms with Gasteiger partial charge in [0.2, 0.25) is 5.89 Å². The van der Waals surface area contributed by atoms with Crippen molar-refractivity contribution in [1.82, 2.24) is 25.7 Å². The SMILES string of the molecule is Cc1noc(CNC(=O)c2ccc3cn[nH]c3c2)n1. The van der Waals surface area contributed by atoms with Crippen molar-refractivity contribution in [3.8, 4) is 0 Å². The molecular weight excluding hydrogens is 246 g/mol. The van der Waals surface area contributed by atoms with Crippen LogP contribution in [0.3, 0.4) is 0 Å². The van der Waals surface area contributed by atoms with E-state index < -0.39 is 0 Å². The van der Waals surface area contributed by atoms with Crippen LogP contribution in [0.25, 0.3) is 10.9 Å². The van der Waals surface area contributed by atoms with E-state index >= 15 is 0 Å². The first-order valence-corrected chi connectivity index (χ1v) is 5.73. The van der Waals surface area contributed by atoms with Crippen LogP contribution in [0.2, 0.25) is 0 Å². The van der Waals surface area contributed by atoms with Crippen molar-refractivity contribution in [2.75, 3.05) is 0 Å². The van der Waals surface area contributed by atoms with Gasteiger partial charge in [0.25, 0.3) is 5.91 Å². The number of nitrogens with zero attached hydrogens (tertiary/aromatic N) is 3. The fourth-order valence-corrected chi connectivity index (χ4v) is 1.75. The maximum absolute atomic E-state index is 12.0.